The molecule has 0 bridgehead atoms. The summed E-state index contributed by atoms with van der Waals surface area (Å²) in [5.41, 5.74) is 1.34. The molecule has 12 heavy (non-hydrogen) atoms. The van der Waals surface area contributed by atoms with Crippen LogP contribution < -0.4 is 0 Å². The summed E-state index contributed by atoms with van der Waals surface area (Å²) < 4.78 is 13.5. The van der Waals surface area contributed by atoms with E-state index < -0.39 is 0 Å². The Morgan fingerprint density at radius 1 is 1.42 bits per heavy atom. The van der Waals surface area contributed by atoms with E-state index in [-0.39, 0.29) is 11.7 Å². The van der Waals surface area contributed by atoms with Crippen LogP contribution >= 0.6 is 0 Å². The van der Waals surface area contributed by atoms with Gasteiger partial charge in [-0.05, 0) is 11.5 Å². The molecule has 0 N–H and O–H groups in total. The van der Waals surface area contributed by atoms with Crippen LogP contribution in [0.25, 0.3) is 6.08 Å². The van der Waals surface area contributed by atoms with Crippen molar-refractivity contribution in [1.82, 2.24) is 0 Å². The lowest BCUT2D eigenvalue weighted by molar-refractivity contribution is 0.596. The Labute approximate surface area is 72.7 Å². The molecule has 0 radical (unpaired) electrons. The van der Waals surface area contributed by atoms with Crippen LogP contribution in [-0.4, -0.2) is 0 Å². The molecule has 0 atom stereocenters. The molecule has 1 rings (SSSR count). The SMILES string of the molecule is C=Cc1cccc(C(C)C)c1F. The average molecular weight is 164 g/mol. The molecule has 0 aliphatic heterocycles. The number of hydrogen-bond donors (Lipinski definition) is 0. The number of rotatable bonds is 2. The van der Waals surface area contributed by atoms with Gasteiger partial charge in [-0.25, -0.2) is 4.39 Å². The molecular weight excluding hydrogens is 151 g/mol. The summed E-state index contributed by atoms with van der Waals surface area (Å²) in [7, 11) is 0. The Bertz CT molecular complexity index is 287. The lowest BCUT2D eigenvalue weighted by atomic mass is 10.00. The van der Waals surface area contributed by atoms with E-state index in [2.05, 4.69) is 6.58 Å². The molecule has 0 spiro atoms. The highest BCUT2D eigenvalue weighted by Crippen LogP contribution is 2.21. The van der Waals surface area contributed by atoms with Crippen molar-refractivity contribution in [3.63, 3.8) is 0 Å². The molecule has 1 aromatic carbocycles. The Hall–Kier alpha value is -1.11. The summed E-state index contributed by atoms with van der Waals surface area (Å²) in [6.07, 6.45) is 1.54. The molecule has 1 aromatic rings. The third-order valence-corrected chi connectivity index (χ3v) is 1.90. The van der Waals surface area contributed by atoms with Crippen LogP contribution in [0.4, 0.5) is 4.39 Å². The van der Waals surface area contributed by atoms with Crippen LogP contribution in [0.2, 0.25) is 0 Å². The van der Waals surface area contributed by atoms with Gasteiger partial charge in [0.25, 0.3) is 0 Å². The minimum absolute atomic E-state index is 0.137. The fourth-order valence-corrected chi connectivity index (χ4v) is 1.17. The second-order valence-electron chi connectivity index (χ2n) is 3.11. The fourth-order valence-electron chi connectivity index (χ4n) is 1.17. The van der Waals surface area contributed by atoms with E-state index >= 15 is 0 Å². The lowest BCUT2D eigenvalue weighted by Gasteiger charge is -2.07. The predicted octanol–water partition coefficient (Wildman–Crippen LogP) is 3.59. The summed E-state index contributed by atoms with van der Waals surface area (Å²) in [5, 5.41) is 0. The van der Waals surface area contributed by atoms with Gasteiger partial charge in [0, 0.05) is 5.56 Å². The minimum Gasteiger partial charge on any atom is -0.206 e. The largest absolute Gasteiger partial charge is 0.206 e. The molecule has 0 aliphatic carbocycles. The Kier molecular flexibility index (Phi) is 2.64. The topological polar surface area (TPSA) is 0 Å². The molecule has 0 saturated carbocycles. The smallest absolute Gasteiger partial charge is 0.133 e. The quantitative estimate of drug-likeness (QED) is 0.626. The van der Waals surface area contributed by atoms with Crippen molar-refractivity contribution in [3.05, 3.63) is 41.7 Å². The Morgan fingerprint density at radius 2 is 2.08 bits per heavy atom. The van der Waals surface area contributed by atoms with E-state index in [1.165, 1.54) is 0 Å². The summed E-state index contributed by atoms with van der Waals surface area (Å²) in [4.78, 5) is 0. The minimum atomic E-state index is -0.137. The maximum Gasteiger partial charge on any atom is 0.133 e. The summed E-state index contributed by atoms with van der Waals surface area (Å²) >= 11 is 0. The zero-order chi connectivity index (χ0) is 9.14. The highest BCUT2D eigenvalue weighted by molar-refractivity contribution is 5.49. The van der Waals surface area contributed by atoms with Crippen LogP contribution in [0.1, 0.15) is 30.9 Å². The molecular formula is C11H13F. The Balaban J connectivity index is 3.22. The maximum atomic E-state index is 13.5. The first kappa shape index (κ1) is 8.98. The van der Waals surface area contributed by atoms with Crippen LogP contribution in [0.15, 0.2) is 24.8 Å². The molecule has 64 valence electrons. The summed E-state index contributed by atoms with van der Waals surface area (Å²) in [5.74, 6) is 0.0902. The van der Waals surface area contributed by atoms with E-state index in [1.54, 1.807) is 12.1 Å². The standard InChI is InChI=1S/C11H13F/c1-4-9-6-5-7-10(8(2)3)11(9)12/h4-8H,1H2,2-3H3. The first-order valence-corrected chi connectivity index (χ1v) is 4.07. The van der Waals surface area contributed by atoms with Gasteiger partial charge in [-0.2, -0.15) is 0 Å². The molecule has 0 nitrogen and oxygen atoms in total. The predicted molar refractivity (Wildman–Crippen MR) is 50.6 cm³/mol. The van der Waals surface area contributed by atoms with Gasteiger partial charge < -0.3 is 0 Å². The molecule has 0 aliphatic rings. The van der Waals surface area contributed by atoms with E-state index in [0.717, 1.165) is 5.56 Å². The van der Waals surface area contributed by atoms with E-state index in [4.69, 9.17) is 0 Å². The average Bonchev–Trinajstić information content (AvgIpc) is 2.04. The van der Waals surface area contributed by atoms with Gasteiger partial charge in [0.2, 0.25) is 0 Å². The molecule has 1 heteroatoms. The van der Waals surface area contributed by atoms with E-state index in [0.29, 0.717) is 5.56 Å². The third-order valence-electron chi connectivity index (χ3n) is 1.90. The van der Waals surface area contributed by atoms with Gasteiger partial charge in [0.05, 0.1) is 0 Å². The van der Waals surface area contributed by atoms with Crippen molar-refractivity contribution in [2.24, 2.45) is 0 Å². The third kappa shape index (κ3) is 1.55. The monoisotopic (exact) mass is 164 g/mol. The lowest BCUT2D eigenvalue weighted by Crippen LogP contribution is -1.94. The van der Waals surface area contributed by atoms with Crippen LogP contribution in [0, 0.1) is 5.82 Å². The fraction of sp³-hybridized carbons (Fsp3) is 0.273. The maximum absolute atomic E-state index is 13.5. The number of benzene rings is 1. The molecule has 0 amide bonds. The number of hydrogen-bond acceptors (Lipinski definition) is 0. The van der Waals surface area contributed by atoms with Gasteiger partial charge in [-0.1, -0.05) is 44.7 Å². The first-order valence-electron chi connectivity index (χ1n) is 4.07. The van der Waals surface area contributed by atoms with Gasteiger partial charge in [-0.3, -0.25) is 0 Å². The molecule has 0 fully saturated rings. The summed E-state index contributed by atoms with van der Waals surface area (Å²) in [6.45, 7) is 7.51. The van der Waals surface area contributed by atoms with E-state index in [1.807, 2.05) is 26.0 Å². The second kappa shape index (κ2) is 3.53. The van der Waals surface area contributed by atoms with Crippen molar-refractivity contribution in [2.75, 3.05) is 0 Å². The zero-order valence-corrected chi connectivity index (χ0v) is 7.47. The van der Waals surface area contributed by atoms with E-state index in [9.17, 15) is 4.39 Å². The molecule has 0 saturated heterocycles. The van der Waals surface area contributed by atoms with Gasteiger partial charge in [0.1, 0.15) is 5.82 Å². The molecule has 0 heterocycles. The van der Waals surface area contributed by atoms with Crippen LogP contribution in [0.5, 0.6) is 0 Å². The van der Waals surface area contributed by atoms with Crippen molar-refractivity contribution in [2.45, 2.75) is 19.8 Å². The molecule has 0 unspecified atom stereocenters. The second-order valence-corrected chi connectivity index (χ2v) is 3.11. The van der Waals surface area contributed by atoms with Crippen molar-refractivity contribution in [1.29, 1.82) is 0 Å². The van der Waals surface area contributed by atoms with Gasteiger partial charge in [-0.15, -0.1) is 0 Å². The first-order chi connectivity index (χ1) is 5.66. The zero-order valence-electron chi connectivity index (χ0n) is 7.47. The van der Waals surface area contributed by atoms with Crippen molar-refractivity contribution >= 4 is 6.08 Å². The Morgan fingerprint density at radius 3 is 2.58 bits per heavy atom. The van der Waals surface area contributed by atoms with Gasteiger partial charge >= 0.3 is 0 Å². The van der Waals surface area contributed by atoms with Crippen molar-refractivity contribution < 1.29 is 4.39 Å². The molecule has 0 aromatic heterocycles. The highest BCUT2D eigenvalue weighted by Gasteiger charge is 2.07. The van der Waals surface area contributed by atoms with Crippen molar-refractivity contribution in [3.8, 4) is 0 Å². The normalized spacial score (nSPS) is 10.3. The number of halogens is 1. The summed E-state index contributed by atoms with van der Waals surface area (Å²) in [6, 6.07) is 5.40. The highest BCUT2D eigenvalue weighted by atomic mass is 19.1. The van der Waals surface area contributed by atoms with Crippen LogP contribution in [-0.2, 0) is 0 Å². The van der Waals surface area contributed by atoms with Crippen LogP contribution in [0.3, 0.4) is 0 Å². The van der Waals surface area contributed by atoms with Gasteiger partial charge in [0.15, 0.2) is 0 Å².